The summed E-state index contributed by atoms with van der Waals surface area (Å²) in [7, 11) is 0. The molecule has 0 bridgehead atoms. The van der Waals surface area contributed by atoms with Crippen molar-refractivity contribution in [3.63, 3.8) is 0 Å². The zero-order chi connectivity index (χ0) is 25.2. The molecular formula is C26H32O9. The summed E-state index contributed by atoms with van der Waals surface area (Å²) in [6.45, 7) is 7.67. The first kappa shape index (κ1) is 23.2. The Kier molecular flexibility index (Phi) is 4.47. The van der Waals surface area contributed by atoms with Crippen LogP contribution >= 0.6 is 0 Å². The molecule has 2 saturated carbocycles. The highest BCUT2D eigenvalue weighted by Gasteiger charge is 2.87. The smallest absolute Gasteiger partial charge is 0.335 e. The molecule has 9 atom stereocenters. The van der Waals surface area contributed by atoms with Gasteiger partial charge in [0.1, 0.15) is 18.0 Å². The summed E-state index contributed by atoms with van der Waals surface area (Å²) < 4.78 is 23.4. The number of Topliss-reactive ketones (excluding diaryl/α,β-unsaturated/α-hetero) is 1. The number of carbonyl (C=O) groups is 3. The van der Waals surface area contributed by atoms with Crippen LogP contribution in [0.3, 0.4) is 0 Å². The maximum absolute atomic E-state index is 14.2. The number of carbonyl (C=O) groups excluding carboxylic acids is 2. The predicted molar refractivity (Wildman–Crippen MR) is 118 cm³/mol. The van der Waals surface area contributed by atoms with Crippen LogP contribution in [0.4, 0.5) is 0 Å². The number of epoxide rings is 1. The predicted octanol–water partition coefficient (Wildman–Crippen LogP) is 2.66. The lowest BCUT2D eigenvalue weighted by atomic mass is 9.37. The fraction of sp³-hybridized carbons (Fsp3) is 0.731. The molecule has 9 unspecified atom stereocenters. The molecular weight excluding hydrogens is 456 g/mol. The van der Waals surface area contributed by atoms with Crippen LogP contribution in [-0.4, -0.2) is 58.0 Å². The number of esters is 1. The summed E-state index contributed by atoms with van der Waals surface area (Å²) in [4.78, 5) is 38.9. The number of aliphatic hydroxyl groups excluding tert-OH is 1. The van der Waals surface area contributed by atoms with E-state index < -0.39 is 51.7 Å². The molecule has 5 fully saturated rings. The number of fused-ring (bicyclic) bond motifs is 2. The standard InChI is InChI=1S/C26H32O9/c1-22(2)15-9-16(27)24(4)14(25(15)12-33-18(28)10-17(25)34-22)5-7-23(3,19(29)13-6-8-32-11-13)26(24)20(35-26)21(30)31/h6,8,11,14-15,17,19-20,29H,5,7,9-10,12H2,1-4H3,(H,30,31). The molecule has 9 nitrogen and oxygen atoms in total. The Labute approximate surface area is 203 Å². The van der Waals surface area contributed by atoms with E-state index in [1.54, 1.807) is 6.07 Å². The van der Waals surface area contributed by atoms with Gasteiger partial charge in [-0.05, 0) is 45.6 Å². The van der Waals surface area contributed by atoms with Gasteiger partial charge in [0.25, 0.3) is 0 Å². The quantitative estimate of drug-likeness (QED) is 0.486. The van der Waals surface area contributed by atoms with Gasteiger partial charge in [-0.15, -0.1) is 0 Å². The summed E-state index contributed by atoms with van der Waals surface area (Å²) in [5, 5.41) is 21.7. The number of aliphatic carboxylic acids is 1. The first-order valence-corrected chi connectivity index (χ1v) is 12.3. The number of ketones is 1. The highest BCUT2D eigenvalue weighted by Crippen LogP contribution is 2.78. The van der Waals surface area contributed by atoms with Crippen LogP contribution in [-0.2, 0) is 28.6 Å². The van der Waals surface area contributed by atoms with Crippen molar-refractivity contribution in [2.45, 2.75) is 82.9 Å². The van der Waals surface area contributed by atoms with Gasteiger partial charge in [-0.1, -0.05) is 6.92 Å². The summed E-state index contributed by atoms with van der Waals surface area (Å²) in [6, 6.07) is 1.65. The minimum absolute atomic E-state index is 0.0820. The minimum atomic E-state index is -1.43. The summed E-state index contributed by atoms with van der Waals surface area (Å²) >= 11 is 0. The molecule has 2 aliphatic carbocycles. The van der Waals surface area contributed by atoms with Gasteiger partial charge in [-0.3, -0.25) is 9.59 Å². The zero-order valence-corrected chi connectivity index (χ0v) is 20.4. The van der Waals surface area contributed by atoms with Gasteiger partial charge in [-0.2, -0.15) is 0 Å². The van der Waals surface area contributed by atoms with Gasteiger partial charge in [0, 0.05) is 28.7 Å². The first-order chi connectivity index (χ1) is 16.4. The third kappa shape index (κ3) is 2.47. The second-order valence-corrected chi connectivity index (χ2v) is 12.1. The van der Waals surface area contributed by atoms with Crippen molar-refractivity contribution in [3.8, 4) is 0 Å². The third-order valence-electron chi connectivity index (χ3n) is 10.6. The number of furan rings is 1. The fourth-order valence-corrected chi connectivity index (χ4v) is 8.99. The lowest BCUT2D eigenvalue weighted by Crippen LogP contribution is -2.71. The van der Waals surface area contributed by atoms with E-state index in [9.17, 15) is 24.6 Å². The molecule has 3 aliphatic heterocycles. The van der Waals surface area contributed by atoms with Crippen molar-refractivity contribution >= 4 is 17.7 Å². The number of carboxylic acid groups (broad SMARTS) is 1. The molecule has 0 amide bonds. The fourth-order valence-electron chi connectivity index (χ4n) is 8.99. The Morgan fingerprint density at radius 1 is 1.11 bits per heavy atom. The van der Waals surface area contributed by atoms with E-state index >= 15 is 0 Å². The Morgan fingerprint density at radius 3 is 2.49 bits per heavy atom. The summed E-state index contributed by atoms with van der Waals surface area (Å²) in [5.41, 5.74) is -4.49. The van der Waals surface area contributed by atoms with Crippen LogP contribution in [0.15, 0.2) is 23.0 Å². The second kappa shape index (κ2) is 6.75. The number of cyclic esters (lactones) is 1. The Bertz CT molecular complexity index is 1110. The number of carboxylic acids is 1. The van der Waals surface area contributed by atoms with Crippen molar-refractivity contribution in [1.29, 1.82) is 0 Å². The molecule has 0 aromatic carbocycles. The Morgan fingerprint density at radius 2 is 1.86 bits per heavy atom. The summed E-state index contributed by atoms with van der Waals surface area (Å²) in [6.07, 6.45) is 1.37. The van der Waals surface area contributed by atoms with Crippen molar-refractivity contribution in [1.82, 2.24) is 0 Å². The van der Waals surface area contributed by atoms with E-state index in [0.717, 1.165) is 0 Å². The topological polar surface area (TPSA) is 136 Å². The van der Waals surface area contributed by atoms with E-state index in [1.165, 1.54) is 12.5 Å². The van der Waals surface area contributed by atoms with Crippen molar-refractivity contribution in [2.24, 2.45) is 28.1 Å². The van der Waals surface area contributed by atoms with E-state index in [-0.39, 0.29) is 43.0 Å². The summed E-state index contributed by atoms with van der Waals surface area (Å²) in [5.74, 6) is -2.08. The molecule has 1 aromatic rings. The largest absolute Gasteiger partial charge is 0.479 e. The highest BCUT2D eigenvalue weighted by molar-refractivity contribution is 5.92. The average molecular weight is 489 g/mol. The van der Waals surface area contributed by atoms with Gasteiger partial charge < -0.3 is 28.8 Å². The molecule has 2 spiro atoms. The molecule has 9 heteroatoms. The van der Waals surface area contributed by atoms with Crippen molar-refractivity contribution < 1.29 is 43.2 Å². The van der Waals surface area contributed by atoms with Gasteiger partial charge >= 0.3 is 11.9 Å². The average Bonchev–Trinajstić information content (AvgIpc) is 3.25. The van der Waals surface area contributed by atoms with E-state index in [4.69, 9.17) is 18.6 Å². The number of hydrogen-bond acceptors (Lipinski definition) is 8. The number of hydrogen-bond donors (Lipinski definition) is 2. The van der Waals surface area contributed by atoms with Crippen LogP contribution in [0.25, 0.3) is 0 Å². The van der Waals surface area contributed by atoms with Crippen LogP contribution in [0.2, 0.25) is 0 Å². The molecule has 6 rings (SSSR count). The number of rotatable bonds is 3. The lowest BCUT2D eigenvalue weighted by molar-refractivity contribution is -0.218. The maximum atomic E-state index is 14.2. The van der Waals surface area contributed by atoms with Crippen LogP contribution in [0.5, 0.6) is 0 Å². The molecule has 1 aromatic heterocycles. The molecule has 35 heavy (non-hydrogen) atoms. The normalized spacial score (nSPS) is 48.5. The maximum Gasteiger partial charge on any atom is 0.335 e. The highest BCUT2D eigenvalue weighted by atomic mass is 16.6. The van der Waals surface area contributed by atoms with Crippen molar-refractivity contribution in [2.75, 3.05) is 6.61 Å². The van der Waals surface area contributed by atoms with Crippen LogP contribution < -0.4 is 0 Å². The zero-order valence-electron chi connectivity index (χ0n) is 20.4. The molecule has 190 valence electrons. The molecule has 4 heterocycles. The molecule has 3 saturated heterocycles. The second-order valence-electron chi connectivity index (χ2n) is 12.1. The van der Waals surface area contributed by atoms with Gasteiger partial charge in [0.2, 0.25) is 0 Å². The lowest BCUT2D eigenvalue weighted by Gasteiger charge is -2.64. The SMILES string of the molecule is CC1(C)OC2CC(=O)OCC23C1CC(=O)C1(C)C3CCC(C)(C(O)c2ccoc2)C12OC2C(=O)O. The van der Waals surface area contributed by atoms with Crippen LogP contribution in [0, 0.1) is 28.1 Å². The van der Waals surface area contributed by atoms with Gasteiger partial charge in [0.05, 0.1) is 42.2 Å². The van der Waals surface area contributed by atoms with E-state index in [1.807, 2.05) is 27.7 Å². The van der Waals surface area contributed by atoms with Gasteiger partial charge in [0.15, 0.2) is 6.10 Å². The van der Waals surface area contributed by atoms with E-state index in [2.05, 4.69) is 0 Å². The first-order valence-electron chi connectivity index (χ1n) is 12.3. The molecule has 2 N–H and O–H groups in total. The van der Waals surface area contributed by atoms with Crippen molar-refractivity contribution in [3.05, 3.63) is 24.2 Å². The van der Waals surface area contributed by atoms with Crippen LogP contribution in [0.1, 0.15) is 65.0 Å². The van der Waals surface area contributed by atoms with Gasteiger partial charge in [-0.25, -0.2) is 4.79 Å². The Hall–Kier alpha value is -2.23. The minimum Gasteiger partial charge on any atom is -0.479 e. The Balaban J connectivity index is 1.53. The number of aliphatic hydroxyl groups is 1. The van der Waals surface area contributed by atoms with E-state index in [0.29, 0.717) is 18.4 Å². The number of ether oxygens (including phenoxy) is 3. The monoisotopic (exact) mass is 488 g/mol. The molecule has 5 aliphatic rings. The third-order valence-corrected chi connectivity index (χ3v) is 10.6. The molecule has 0 radical (unpaired) electrons.